The zero-order valence-corrected chi connectivity index (χ0v) is 17.3. The Balaban J connectivity index is 1.78. The van der Waals surface area contributed by atoms with E-state index in [4.69, 9.17) is 4.74 Å². The second kappa shape index (κ2) is 11.5. The first kappa shape index (κ1) is 22.0. The molecule has 7 heteroatoms. The molecule has 1 aliphatic rings. The van der Waals surface area contributed by atoms with Crippen molar-refractivity contribution in [1.82, 2.24) is 10.2 Å². The number of nitrogens with zero attached hydrogens (tertiary/aromatic N) is 1. The minimum Gasteiger partial charge on any atom is -0.452 e. The van der Waals surface area contributed by atoms with Gasteiger partial charge in [0.2, 0.25) is 5.91 Å². The number of benzene rings is 1. The molecule has 152 valence electrons. The van der Waals surface area contributed by atoms with Gasteiger partial charge in [0, 0.05) is 25.5 Å². The van der Waals surface area contributed by atoms with Gasteiger partial charge in [0.05, 0.1) is 11.3 Å². The Kier molecular flexibility index (Phi) is 9.07. The normalized spacial score (nSPS) is 13.4. The lowest BCUT2D eigenvalue weighted by Gasteiger charge is -2.13. The number of rotatable bonds is 9. The Morgan fingerprint density at radius 1 is 1.18 bits per heavy atom. The van der Waals surface area contributed by atoms with Gasteiger partial charge in [-0.1, -0.05) is 23.8 Å². The van der Waals surface area contributed by atoms with E-state index in [1.54, 1.807) is 38.4 Å². The van der Waals surface area contributed by atoms with Crippen LogP contribution in [0.3, 0.4) is 0 Å². The molecule has 0 saturated carbocycles. The summed E-state index contributed by atoms with van der Waals surface area (Å²) in [6.45, 7) is 0.245. The summed E-state index contributed by atoms with van der Waals surface area (Å²) < 4.78 is 5.15. The third-order valence-electron chi connectivity index (χ3n) is 4.44. The Morgan fingerprint density at radius 3 is 2.68 bits per heavy atom. The SMILES string of the molecule is CN(C)C(=O)CSc1ccccc1C(=O)OCC(=O)NCCC1=CCCCC1. The van der Waals surface area contributed by atoms with Gasteiger partial charge in [0.1, 0.15) is 0 Å². The molecule has 6 nitrogen and oxygen atoms in total. The average Bonchev–Trinajstić information content (AvgIpc) is 2.71. The van der Waals surface area contributed by atoms with E-state index < -0.39 is 5.97 Å². The minimum absolute atomic E-state index is 0.0411. The summed E-state index contributed by atoms with van der Waals surface area (Å²) in [6.07, 6.45) is 7.79. The molecule has 0 heterocycles. The summed E-state index contributed by atoms with van der Waals surface area (Å²) in [5.41, 5.74) is 1.75. The Labute approximate surface area is 170 Å². The maximum Gasteiger partial charge on any atom is 0.339 e. The van der Waals surface area contributed by atoms with Crippen molar-refractivity contribution < 1.29 is 19.1 Å². The van der Waals surface area contributed by atoms with Crippen LogP contribution < -0.4 is 5.32 Å². The summed E-state index contributed by atoms with van der Waals surface area (Å²) in [5, 5.41) is 2.79. The fourth-order valence-electron chi connectivity index (χ4n) is 2.78. The molecule has 1 N–H and O–H groups in total. The molecule has 0 saturated heterocycles. The summed E-state index contributed by atoms with van der Waals surface area (Å²) in [7, 11) is 3.37. The van der Waals surface area contributed by atoms with E-state index in [0.29, 0.717) is 17.0 Å². The van der Waals surface area contributed by atoms with Gasteiger partial charge >= 0.3 is 5.97 Å². The van der Waals surface area contributed by atoms with Gasteiger partial charge in [-0.3, -0.25) is 9.59 Å². The summed E-state index contributed by atoms with van der Waals surface area (Å²) >= 11 is 1.28. The number of carbonyl (C=O) groups is 3. The molecular formula is C21H28N2O4S. The molecule has 2 amide bonds. The lowest BCUT2D eigenvalue weighted by molar-refractivity contribution is -0.126. The van der Waals surface area contributed by atoms with E-state index >= 15 is 0 Å². The topological polar surface area (TPSA) is 75.7 Å². The van der Waals surface area contributed by atoms with E-state index in [1.165, 1.54) is 35.1 Å². The van der Waals surface area contributed by atoms with Gasteiger partial charge in [-0.15, -0.1) is 11.8 Å². The van der Waals surface area contributed by atoms with Crippen LogP contribution in [0.5, 0.6) is 0 Å². The molecule has 0 aliphatic heterocycles. The number of nitrogens with one attached hydrogen (secondary N) is 1. The quantitative estimate of drug-likeness (QED) is 0.389. The molecule has 0 bridgehead atoms. The number of amides is 2. The monoisotopic (exact) mass is 404 g/mol. The Hall–Kier alpha value is -2.28. The molecule has 0 aromatic heterocycles. The molecule has 0 atom stereocenters. The maximum absolute atomic E-state index is 12.3. The van der Waals surface area contributed by atoms with Crippen LogP contribution in [0.4, 0.5) is 0 Å². The lowest BCUT2D eigenvalue weighted by atomic mass is 9.97. The number of thioether (sulfide) groups is 1. The molecule has 1 aromatic rings. The zero-order chi connectivity index (χ0) is 20.4. The van der Waals surface area contributed by atoms with Crippen molar-refractivity contribution in [3.63, 3.8) is 0 Å². The minimum atomic E-state index is -0.564. The first-order chi connectivity index (χ1) is 13.5. The van der Waals surface area contributed by atoms with Crippen LogP contribution >= 0.6 is 11.8 Å². The van der Waals surface area contributed by atoms with Crippen LogP contribution in [0.1, 0.15) is 42.5 Å². The maximum atomic E-state index is 12.3. The van der Waals surface area contributed by atoms with Crippen LogP contribution in [0.15, 0.2) is 40.8 Å². The van der Waals surface area contributed by atoms with Crippen LogP contribution in [0, 0.1) is 0 Å². The standard InChI is InChI=1S/C21H28N2O4S/c1-23(2)20(25)15-28-18-11-7-6-10-17(18)21(26)27-14-19(24)22-13-12-16-8-4-3-5-9-16/h6-8,10-11H,3-5,9,12-15H2,1-2H3,(H,22,24). The van der Waals surface area contributed by atoms with E-state index in [0.717, 1.165) is 19.3 Å². The molecule has 1 aliphatic carbocycles. The molecular weight excluding hydrogens is 376 g/mol. The van der Waals surface area contributed by atoms with Gasteiger partial charge < -0.3 is 15.0 Å². The molecule has 0 spiro atoms. The molecule has 1 aromatic carbocycles. The highest BCUT2D eigenvalue weighted by Gasteiger charge is 2.16. The van der Waals surface area contributed by atoms with Gasteiger partial charge in [-0.05, 0) is 44.2 Å². The number of carbonyl (C=O) groups excluding carboxylic acids is 3. The predicted octanol–water partition coefficient (Wildman–Crippen LogP) is 3.03. The molecule has 0 radical (unpaired) electrons. The first-order valence-corrected chi connectivity index (χ1v) is 10.5. The number of ether oxygens (including phenoxy) is 1. The predicted molar refractivity (Wildman–Crippen MR) is 110 cm³/mol. The Morgan fingerprint density at radius 2 is 1.96 bits per heavy atom. The molecule has 2 rings (SSSR count). The van der Waals surface area contributed by atoms with Gasteiger partial charge in [0.15, 0.2) is 6.61 Å². The second-order valence-corrected chi connectivity index (χ2v) is 7.87. The zero-order valence-electron chi connectivity index (χ0n) is 16.5. The van der Waals surface area contributed by atoms with Crippen molar-refractivity contribution in [2.24, 2.45) is 0 Å². The first-order valence-electron chi connectivity index (χ1n) is 9.51. The van der Waals surface area contributed by atoms with E-state index in [2.05, 4.69) is 11.4 Å². The number of esters is 1. The highest BCUT2D eigenvalue weighted by Crippen LogP contribution is 2.23. The fraction of sp³-hybridized carbons (Fsp3) is 0.476. The third kappa shape index (κ3) is 7.38. The van der Waals surface area contributed by atoms with Gasteiger partial charge in [-0.2, -0.15) is 0 Å². The van der Waals surface area contributed by atoms with E-state index in [9.17, 15) is 14.4 Å². The summed E-state index contributed by atoms with van der Waals surface area (Å²) in [6, 6.07) is 6.93. The van der Waals surface area contributed by atoms with Crippen LogP contribution in [0.25, 0.3) is 0 Å². The summed E-state index contributed by atoms with van der Waals surface area (Å²) in [5.74, 6) is -0.683. The van der Waals surface area contributed by atoms with Crippen molar-refractivity contribution in [3.8, 4) is 0 Å². The second-order valence-electron chi connectivity index (χ2n) is 6.86. The Bertz CT molecular complexity index is 731. The van der Waals surface area contributed by atoms with Crippen LogP contribution in [-0.4, -0.2) is 55.7 Å². The number of hydrogen-bond donors (Lipinski definition) is 1. The van der Waals surface area contributed by atoms with E-state index in [-0.39, 0.29) is 24.2 Å². The van der Waals surface area contributed by atoms with Crippen molar-refractivity contribution in [3.05, 3.63) is 41.5 Å². The van der Waals surface area contributed by atoms with Crippen LogP contribution in [0.2, 0.25) is 0 Å². The van der Waals surface area contributed by atoms with Crippen molar-refractivity contribution in [1.29, 1.82) is 0 Å². The van der Waals surface area contributed by atoms with Crippen molar-refractivity contribution >= 4 is 29.5 Å². The average molecular weight is 405 g/mol. The largest absolute Gasteiger partial charge is 0.452 e. The smallest absolute Gasteiger partial charge is 0.339 e. The molecule has 0 unspecified atom stereocenters. The van der Waals surface area contributed by atoms with Gasteiger partial charge in [-0.25, -0.2) is 4.79 Å². The third-order valence-corrected chi connectivity index (χ3v) is 5.50. The number of allylic oxidation sites excluding steroid dienone is 1. The number of hydrogen-bond acceptors (Lipinski definition) is 5. The van der Waals surface area contributed by atoms with Crippen LogP contribution in [-0.2, 0) is 14.3 Å². The van der Waals surface area contributed by atoms with E-state index in [1.807, 2.05) is 0 Å². The van der Waals surface area contributed by atoms with Crippen molar-refractivity contribution in [2.75, 3.05) is 33.0 Å². The highest BCUT2D eigenvalue weighted by atomic mass is 32.2. The fourth-order valence-corrected chi connectivity index (χ4v) is 3.80. The van der Waals surface area contributed by atoms with Gasteiger partial charge in [0.25, 0.3) is 5.91 Å². The summed E-state index contributed by atoms with van der Waals surface area (Å²) in [4.78, 5) is 38.2. The lowest BCUT2D eigenvalue weighted by Crippen LogP contribution is -2.30. The van der Waals surface area contributed by atoms with Crippen molar-refractivity contribution in [2.45, 2.75) is 37.0 Å². The highest BCUT2D eigenvalue weighted by molar-refractivity contribution is 8.00. The molecule has 0 fully saturated rings. The molecule has 28 heavy (non-hydrogen) atoms.